The van der Waals surface area contributed by atoms with Crippen LogP contribution in [0.3, 0.4) is 0 Å². The molecule has 0 aliphatic rings. The fourth-order valence-corrected chi connectivity index (χ4v) is 1.06. The van der Waals surface area contributed by atoms with Gasteiger partial charge >= 0.3 is 0 Å². The van der Waals surface area contributed by atoms with Gasteiger partial charge in [-0.3, -0.25) is 4.31 Å². The van der Waals surface area contributed by atoms with Crippen LogP contribution in [0.1, 0.15) is 0 Å². The molecular weight excluding hydrogens is 162 g/mol. The van der Waals surface area contributed by atoms with Gasteiger partial charge in [0.1, 0.15) is 0 Å². The SMILES string of the molecule is CN(c1ccccc1)[SH](=O)=O. The molecule has 0 spiro atoms. The molecule has 0 saturated carbocycles. The van der Waals surface area contributed by atoms with Gasteiger partial charge in [0.2, 0.25) is 10.9 Å². The Morgan fingerprint density at radius 3 is 2.18 bits per heavy atom. The maximum Gasteiger partial charge on any atom is 0.224 e. The van der Waals surface area contributed by atoms with Gasteiger partial charge in [-0.05, 0) is 12.1 Å². The monoisotopic (exact) mass is 171 g/mol. The number of anilines is 1. The molecule has 11 heavy (non-hydrogen) atoms. The first-order chi connectivity index (χ1) is 5.22. The zero-order valence-electron chi connectivity index (χ0n) is 6.10. The molecule has 0 aliphatic carbocycles. The molecule has 0 radical (unpaired) electrons. The third-order valence-electron chi connectivity index (χ3n) is 1.37. The molecular formula is C7H9NO2S. The number of rotatable bonds is 2. The van der Waals surface area contributed by atoms with E-state index in [1.807, 2.05) is 6.07 Å². The summed E-state index contributed by atoms with van der Waals surface area (Å²) >= 11 is 0. The lowest BCUT2D eigenvalue weighted by atomic mass is 10.3. The van der Waals surface area contributed by atoms with E-state index in [-0.39, 0.29) is 0 Å². The maximum absolute atomic E-state index is 10.5. The summed E-state index contributed by atoms with van der Waals surface area (Å²) in [5, 5.41) is 0. The zero-order chi connectivity index (χ0) is 8.27. The van der Waals surface area contributed by atoms with Gasteiger partial charge in [0, 0.05) is 7.05 Å². The quantitative estimate of drug-likeness (QED) is 0.663. The predicted molar refractivity (Wildman–Crippen MR) is 45.2 cm³/mol. The van der Waals surface area contributed by atoms with Crippen molar-refractivity contribution in [2.75, 3.05) is 11.4 Å². The van der Waals surface area contributed by atoms with Crippen molar-refractivity contribution in [3.8, 4) is 0 Å². The molecule has 0 heterocycles. The highest BCUT2D eigenvalue weighted by Crippen LogP contribution is 2.09. The van der Waals surface area contributed by atoms with Crippen molar-refractivity contribution in [1.82, 2.24) is 0 Å². The summed E-state index contributed by atoms with van der Waals surface area (Å²) in [6.07, 6.45) is 0. The second kappa shape index (κ2) is 3.39. The predicted octanol–water partition coefficient (Wildman–Crippen LogP) is 0.649. The Morgan fingerprint density at radius 2 is 1.73 bits per heavy atom. The van der Waals surface area contributed by atoms with E-state index in [2.05, 4.69) is 0 Å². The number of thiol groups is 1. The molecule has 0 atom stereocenters. The van der Waals surface area contributed by atoms with Gasteiger partial charge in [0.15, 0.2) is 0 Å². The Bertz CT molecular complexity index is 287. The third kappa shape index (κ3) is 1.94. The molecule has 0 N–H and O–H groups in total. The molecule has 0 amide bonds. The van der Waals surface area contributed by atoms with E-state index >= 15 is 0 Å². The summed E-state index contributed by atoms with van der Waals surface area (Å²) in [6, 6.07) is 8.92. The molecule has 4 heteroatoms. The van der Waals surface area contributed by atoms with Crippen LogP contribution in [-0.2, 0) is 10.9 Å². The van der Waals surface area contributed by atoms with Crippen LogP contribution in [0.25, 0.3) is 0 Å². The van der Waals surface area contributed by atoms with E-state index in [1.165, 1.54) is 11.4 Å². The lowest BCUT2D eigenvalue weighted by Crippen LogP contribution is -2.13. The minimum atomic E-state index is -2.50. The Kier molecular flexibility index (Phi) is 2.48. The maximum atomic E-state index is 10.5. The number of nitrogens with zero attached hydrogens (tertiary/aromatic N) is 1. The van der Waals surface area contributed by atoms with Crippen LogP contribution < -0.4 is 4.31 Å². The van der Waals surface area contributed by atoms with Gasteiger partial charge in [0.05, 0.1) is 5.69 Å². The molecule has 0 aromatic heterocycles. The second-order valence-electron chi connectivity index (χ2n) is 2.10. The fourth-order valence-electron chi connectivity index (χ4n) is 0.738. The van der Waals surface area contributed by atoms with Crippen LogP contribution in [0, 0.1) is 0 Å². The number of hydrogen-bond donors (Lipinski definition) is 1. The van der Waals surface area contributed by atoms with E-state index < -0.39 is 10.9 Å². The van der Waals surface area contributed by atoms with Crippen molar-refractivity contribution >= 4 is 16.6 Å². The number of para-hydroxylation sites is 1. The summed E-state index contributed by atoms with van der Waals surface area (Å²) < 4.78 is 22.1. The van der Waals surface area contributed by atoms with Crippen molar-refractivity contribution in [2.24, 2.45) is 0 Å². The van der Waals surface area contributed by atoms with Crippen molar-refractivity contribution in [3.63, 3.8) is 0 Å². The Morgan fingerprint density at radius 1 is 1.18 bits per heavy atom. The average molecular weight is 171 g/mol. The van der Waals surface area contributed by atoms with E-state index in [4.69, 9.17) is 0 Å². The largest absolute Gasteiger partial charge is 0.275 e. The molecule has 1 aromatic carbocycles. The van der Waals surface area contributed by atoms with Crippen molar-refractivity contribution in [2.45, 2.75) is 0 Å². The summed E-state index contributed by atoms with van der Waals surface area (Å²) in [5.41, 5.74) is 0.684. The molecule has 1 aromatic rings. The number of benzene rings is 1. The van der Waals surface area contributed by atoms with Crippen molar-refractivity contribution < 1.29 is 8.42 Å². The van der Waals surface area contributed by atoms with Crippen LogP contribution in [0.5, 0.6) is 0 Å². The molecule has 3 nitrogen and oxygen atoms in total. The van der Waals surface area contributed by atoms with E-state index in [0.717, 1.165) is 0 Å². The topological polar surface area (TPSA) is 37.4 Å². The normalized spacial score (nSPS) is 10.0. The van der Waals surface area contributed by atoms with Crippen LogP contribution in [0.2, 0.25) is 0 Å². The summed E-state index contributed by atoms with van der Waals surface area (Å²) in [4.78, 5) is 0. The van der Waals surface area contributed by atoms with Gasteiger partial charge in [-0.2, -0.15) is 0 Å². The summed E-state index contributed by atoms with van der Waals surface area (Å²) in [7, 11) is -0.990. The van der Waals surface area contributed by atoms with Crippen LogP contribution in [0.15, 0.2) is 30.3 Å². The fraction of sp³-hybridized carbons (Fsp3) is 0.143. The first-order valence-electron chi connectivity index (χ1n) is 3.15. The first-order valence-corrected chi connectivity index (χ1v) is 4.28. The van der Waals surface area contributed by atoms with Gasteiger partial charge in [-0.15, -0.1) is 0 Å². The van der Waals surface area contributed by atoms with Crippen LogP contribution >= 0.6 is 0 Å². The van der Waals surface area contributed by atoms with Gasteiger partial charge in [-0.25, -0.2) is 8.42 Å². The van der Waals surface area contributed by atoms with Gasteiger partial charge in [-0.1, -0.05) is 18.2 Å². The van der Waals surface area contributed by atoms with E-state index in [9.17, 15) is 8.42 Å². The Labute approximate surface area is 67.3 Å². The molecule has 0 saturated heterocycles. The van der Waals surface area contributed by atoms with Crippen molar-refractivity contribution in [3.05, 3.63) is 30.3 Å². The molecule has 1 rings (SSSR count). The standard InChI is InChI=1S/C7H9NO2S/c1-8(11(9)10)7-5-3-2-4-6-7/h2-6,11H,1H3. The van der Waals surface area contributed by atoms with Crippen molar-refractivity contribution in [1.29, 1.82) is 0 Å². The molecule has 0 aliphatic heterocycles. The smallest absolute Gasteiger partial charge is 0.224 e. The summed E-state index contributed by atoms with van der Waals surface area (Å²) in [6.45, 7) is 0. The highest BCUT2D eigenvalue weighted by molar-refractivity contribution is 7.74. The zero-order valence-corrected chi connectivity index (χ0v) is 6.99. The summed E-state index contributed by atoms with van der Waals surface area (Å²) in [5.74, 6) is 0. The molecule has 60 valence electrons. The lowest BCUT2D eigenvalue weighted by Gasteiger charge is -2.09. The second-order valence-corrected chi connectivity index (χ2v) is 3.17. The Balaban J connectivity index is 2.94. The van der Waals surface area contributed by atoms with E-state index in [1.54, 1.807) is 24.3 Å². The van der Waals surface area contributed by atoms with Gasteiger partial charge < -0.3 is 0 Å². The number of hydrogen-bond acceptors (Lipinski definition) is 2. The minimum absolute atomic E-state index is 0.684. The third-order valence-corrected chi connectivity index (χ3v) is 2.10. The van der Waals surface area contributed by atoms with Gasteiger partial charge in [0.25, 0.3) is 0 Å². The molecule has 0 fully saturated rings. The first kappa shape index (κ1) is 8.07. The highest BCUT2D eigenvalue weighted by Gasteiger charge is 1.98. The Hall–Kier alpha value is -1.03. The molecule has 0 unspecified atom stereocenters. The minimum Gasteiger partial charge on any atom is -0.275 e. The highest BCUT2D eigenvalue weighted by atomic mass is 32.2. The van der Waals surface area contributed by atoms with Crippen LogP contribution in [0.4, 0.5) is 5.69 Å². The average Bonchev–Trinajstić information content (AvgIpc) is 2.05. The van der Waals surface area contributed by atoms with Crippen LogP contribution in [-0.4, -0.2) is 15.5 Å². The van der Waals surface area contributed by atoms with E-state index in [0.29, 0.717) is 5.69 Å². The molecule has 0 bridgehead atoms. The lowest BCUT2D eigenvalue weighted by molar-refractivity contribution is 0.613.